The molecule has 0 saturated carbocycles. The summed E-state index contributed by atoms with van der Waals surface area (Å²) in [6.07, 6.45) is 3.50. The Morgan fingerprint density at radius 2 is 1.82 bits per heavy atom. The zero-order valence-electron chi connectivity index (χ0n) is 12.3. The molecule has 6 nitrogen and oxygen atoms in total. The summed E-state index contributed by atoms with van der Waals surface area (Å²) >= 11 is 0. The second kappa shape index (κ2) is 5.73. The second-order valence-electron chi connectivity index (χ2n) is 5.46. The largest absolute Gasteiger partial charge is 0.352 e. The van der Waals surface area contributed by atoms with Gasteiger partial charge in [0.15, 0.2) is 17.0 Å². The van der Waals surface area contributed by atoms with Crippen LogP contribution in [0.15, 0.2) is 43.0 Å². The van der Waals surface area contributed by atoms with Crippen molar-refractivity contribution in [3.05, 3.63) is 48.5 Å². The first-order chi connectivity index (χ1) is 10.9. The monoisotopic (exact) mass is 294 g/mol. The van der Waals surface area contributed by atoms with Crippen molar-refractivity contribution in [2.24, 2.45) is 0 Å². The third kappa shape index (κ3) is 2.42. The van der Waals surface area contributed by atoms with Gasteiger partial charge in [0.1, 0.15) is 6.33 Å². The summed E-state index contributed by atoms with van der Waals surface area (Å²) in [5.41, 5.74) is 3.02. The van der Waals surface area contributed by atoms with E-state index in [0.29, 0.717) is 0 Å². The standard InChI is InChI=1S/C16H18N6/c1-2-4-13(5-3-1)10-22-12-20-14-15(18-11-19-16(14)22)21-8-6-17-7-9-21/h1-5,11-12,17H,6-10H2. The number of piperazine rings is 1. The molecule has 1 N–H and O–H groups in total. The van der Waals surface area contributed by atoms with Gasteiger partial charge < -0.3 is 14.8 Å². The van der Waals surface area contributed by atoms with E-state index in [1.54, 1.807) is 6.33 Å². The Kier molecular flexibility index (Phi) is 3.44. The van der Waals surface area contributed by atoms with Gasteiger partial charge in [-0.2, -0.15) is 0 Å². The number of aromatic nitrogens is 4. The Morgan fingerprint density at radius 1 is 1.00 bits per heavy atom. The Hall–Kier alpha value is -2.47. The molecule has 3 heterocycles. The van der Waals surface area contributed by atoms with Crippen LogP contribution in [0.2, 0.25) is 0 Å². The Bertz CT molecular complexity index is 761. The normalized spacial score (nSPS) is 15.4. The van der Waals surface area contributed by atoms with Gasteiger partial charge in [-0.15, -0.1) is 0 Å². The van der Waals surface area contributed by atoms with Gasteiger partial charge in [0, 0.05) is 26.2 Å². The van der Waals surface area contributed by atoms with Gasteiger partial charge in [-0.3, -0.25) is 0 Å². The number of benzene rings is 1. The number of rotatable bonds is 3. The first-order valence-electron chi connectivity index (χ1n) is 7.57. The van der Waals surface area contributed by atoms with E-state index < -0.39 is 0 Å². The number of anilines is 1. The maximum absolute atomic E-state index is 4.57. The summed E-state index contributed by atoms with van der Waals surface area (Å²) in [4.78, 5) is 15.7. The van der Waals surface area contributed by atoms with Crippen LogP contribution in [0.4, 0.5) is 5.82 Å². The molecule has 0 spiro atoms. The molecule has 0 atom stereocenters. The first-order valence-corrected chi connectivity index (χ1v) is 7.57. The minimum atomic E-state index is 0.773. The van der Waals surface area contributed by atoms with E-state index in [9.17, 15) is 0 Å². The van der Waals surface area contributed by atoms with Crippen LogP contribution >= 0.6 is 0 Å². The highest BCUT2D eigenvalue weighted by molar-refractivity contribution is 5.83. The molecule has 4 rings (SSSR count). The summed E-state index contributed by atoms with van der Waals surface area (Å²) in [5.74, 6) is 0.943. The molecule has 0 bridgehead atoms. The molecule has 0 unspecified atom stereocenters. The Morgan fingerprint density at radius 3 is 2.64 bits per heavy atom. The predicted molar refractivity (Wildman–Crippen MR) is 85.9 cm³/mol. The van der Waals surface area contributed by atoms with Gasteiger partial charge >= 0.3 is 0 Å². The van der Waals surface area contributed by atoms with E-state index in [0.717, 1.165) is 49.7 Å². The van der Waals surface area contributed by atoms with Crippen LogP contribution in [0.1, 0.15) is 5.56 Å². The topological polar surface area (TPSA) is 58.9 Å². The van der Waals surface area contributed by atoms with Crippen LogP contribution in [-0.4, -0.2) is 45.7 Å². The lowest BCUT2D eigenvalue weighted by atomic mass is 10.2. The summed E-state index contributed by atoms with van der Waals surface area (Å²) in [6.45, 7) is 4.65. The lowest BCUT2D eigenvalue weighted by Gasteiger charge is -2.28. The zero-order valence-corrected chi connectivity index (χ0v) is 12.3. The average molecular weight is 294 g/mol. The van der Waals surface area contributed by atoms with Crippen LogP contribution in [0, 0.1) is 0 Å². The van der Waals surface area contributed by atoms with Crippen molar-refractivity contribution in [1.29, 1.82) is 0 Å². The van der Waals surface area contributed by atoms with Crippen molar-refractivity contribution in [1.82, 2.24) is 24.8 Å². The number of nitrogens with one attached hydrogen (secondary N) is 1. The summed E-state index contributed by atoms with van der Waals surface area (Å²) in [7, 11) is 0. The highest BCUT2D eigenvalue weighted by Crippen LogP contribution is 2.22. The van der Waals surface area contributed by atoms with Crippen molar-refractivity contribution in [3.8, 4) is 0 Å². The fraction of sp³-hybridized carbons (Fsp3) is 0.312. The molecule has 3 aromatic rings. The van der Waals surface area contributed by atoms with E-state index in [4.69, 9.17) is 0 Å². The van der Waals surface area contributed by atoms with Crippen molar-refractivity contribution in [2.75, 3.05) is 31.1 Å². The molecule has 6 heteroatoms. The molecular weight excluding hydrogens is 276 g/mol. The smallest absolute Gasteiger partial charge is 0.165 e. The molecule has 2 aromatic heterocycles. The van der Waals surface area contributed by atoms with Crippen molar-refractivity contribution < 1.29 is 0 Å². The predicted octanol–water partition coefficient (Wildman–Crippen LogP) is 1.28. The minimum absolute atomic E-state index is 0.773. The Balaban J connectivity index is 1.70. The second-order valence-corrected chi connectivity index (χ2v) is 5.46. The van der Waals surface area contributed by atoms with Crippen molar-refractivity contribution in [3.63, 3.8) is 0 Å². The molecule has 112 valence electrons. The fourth-order valence-electron chi connectivity index (χ4n) is 2.87. The average Bonchev–Trinajstić information content (AvgIpc) is 3.00. The molecule has 22 heavy (non-hydrogen) atoms. The summed E-state index contributed by atoms with van der Waals surface area (Å²) in [6, 6.07) is 10.4. The van der Waals surface area contributed by atoms with Gasteiger partial charge in [-0.05, 0) is 5.56 Å². The van der Waals surface area contributed by atoms with E-state index in [1.807, 2.05) is 12.4 Å². The van der Waals surface area contributed by atoms with Crippen LogP contribution < -0.4 is 10.2 Å². The van der Waals surface area contributed by atoms with Crippen LogP contribution in [-0.2, 0) is 6.54 Å². The highest BCUT2D eigenvalue weighted by Gasteiger charge is 2.17. The number of imidazole rings is 1. The number of fused-ring (bicyclic) bond motifs is 1. The van der Waals surface area contributed by atoms with Gasteiger partial charge in [0.2, 0.25) is 0 Å². The lowest BCUT2D eigenvalue weighted by molar-refractivity contribution is 0.586. The molecule has 0 radical (unpaired) electrons. The van der Waals surface area contributed by atoms with Gasteiger partial charge in [-0.1, -0.05) is 30.3 Å². The molecule has 0 amide bonds. The fourth-order valence-corrected chi connectivity index (χ4v) is 2.87. The number of hydrogen-bond acceptors (Lipinski definition) is 5. The molecule has 1 aromatic carbocycles. The van der Waals surface area contributed by atoms with Crippen molar-refractivity contribution in [2.45, 2.75) is 6.54 Å². The molecular formula is C16H18N6. The van der Waals surface area contributed by atoms with E-state index in [2.05, 4.69) is 54.0 Å². The zero-order chi connectivity index (χ0) is 14.8. The molecule has 1 aliphatic heterocycles. The van der Waals surface area contributed by atoms with Gasteiger partial charge in [0.25, 0.3) is 0 Å². The first kappa shape index (κ1) is 13.2. The number of hydrogen-bond donors (Lipinski definition) is 1. The summed E-state index contributed by atoms with van der Waals surface area (Å²) < 4.78 is 2.08. The van der Waals surface area contributed by atoms with E-state index in [-0.39, 0.29) is 0 Å². The SMILES string of the molecule is c1ccc(Cn2cnc3c(N4CCNCC4)ncnc32)cc1. The third-order valence-corrected chi connectivity index (χ3v) is 3.99. The van der Waals surface area contributed by atoms with Crippen molar-refractivity contribution >= 4 is 17.0 Å². The number of nitrogens with zero attached hydrogens (tertiary/aromatic N) is 5. The quantitative estimate of drug-likeness (QED) is 0.788. The van der Waals surface area contributed by atoms with Crippen LogP contribution in [0.3, 0.4) is 0 Å². The van der Waals surface area contributed by atoms with E-state index in [1.165, 1.54) is 5.56 Å². The Labute approximate surface area is 128 Å². The van der Waals surface area contributed by atoms with Crippen LogP contribution in [0.5, 0.6) is 0 Å². The summed E-state index contributed by atoms with van der Waals surface area (Å²) in [5, 5.41) is 3.36. The van der Waals surface area contributed by atoms with E-state index >= 15 is 0 Å². The van der Waals surface area contributed by atoms with Crippen LogP contribution in [0.25, 0.3) is 11.2 Å². The third-order valence-electron chi connectivity index (χ3n) is 3.99. The van der Waals surface area contributed by atoms with Gasteiger partial charge in [-0.25, -0.2) is 15.0 Å². The maximum Gasteiger partial charge on any atom is 0.165 e. The minimum Gasteiger partial charge on any atom is -0.352 e. The molecule has 1 saturated heterocycles. The van der Waals surface area contributed by atoms with Gasteiger partial charge in [0.05, 0.1) is 12.9 Å². The molecule has 1 fully saturated rings. The molecule has 1 aliphatic rings. The highest BCUT2D eigenvalue weighted by atomic mass is 15.3. The maximum atomic E-state index is 4.57. The molecule has 0 aliphatic carbocycles. The lowest BCUT2D eigenvalue weighted by Crippen LogP contribution is -2.44.